The smallest absolute Gasteiger partial charge is 0.231 e. The topological polar surface area (TPSA) is 57.2 Å². The summed E-state index contributed by atoms with van der Waals surface area (Å²) in [4.78, 5) is 0. The van der Waals surface area contributed by atoms with Crippen molar-refractivity contribution >= 4 is 0 Å². The molecule has 0 radical (unpaired) electrons. The van der Waals surface area contributed by atoms with E-state index in [2.05, 4.69) is 32.9 Å². The Bertz CT molecular complexity index is 1080. The number of allylic oxidation sites excluding steroid dienone is 4. The lowest BCUT2D eigenvalue weighted by molar-refractivity contribution is 0.138. The van der Waals surface area contributed by atoms with Crippen molar-refractivity contribution in [2.24, 2.45) is 0 Å². The van der Waals surface area contributed by atoms with Gasteiger partial charge in [-0.05, 0) is 57.7 Å². The molecule has 1 N–H and O–H groups in total. The van der Waals surface area contributed by atoms with E-state index in [1.165, 1.54) is 11.1 Å². The molecule has 0 saturated heterocycles. The molecule has 0 aliphatic carbocycles. The van der Waals surface area contributed by atoms with Gasteiger partial charge in [0.15, 0.2) is 11.5 Å². The van der Waals surface area contributed by atoms with Gasteiger partial charge in [0.05, 0.1) is 12.5 Å². The van der Waals surface area contributed by atoms with Crippen molar-refractivity contribution in [2.45, 2.75) is 52.1 Å². The van der Waals surface area contributed by atoms with Crippen molar-refractivity contribution in [1.29, 1.82) is 0 Å². The van der Waals surface area contributed by atoms with E-state index < -0.39 is 0 Å². The minimum absolute atomic E-state index is 0.0933. The molecule has 0 amide bonds. The van der Waals surface area contributed by atoms with Gasteiger partial charge < -0.3 is 24.1 Å². The van der Waals surface area contributed by atoms with E-state index in [9.17, 15) is 5.11 Å². The summed E-state index contributed by atoms with van der Waals surface area (Å²) in [6.07, 6.45) is 7.07. The minimum Gasteiger partial charge on any atom is -0.508 e. The fourth-order valence-corrected chi connectivity index (χ4v) is 4.47. The summed E-state index contributed by atoms with van der Waals surface area (Å²) < 4.78 is 23.4. The molecule has 2 atom stereocenters. The Hall–Kier alpha value is -3.08. The Morgan fingerprint density at radius 2 is 1.74 bits per heavy atom. The average Bonchev–Trinajstić information content (AvgIpc) is 3.33. The van der Waals surface area contributed by atoms with Crippen LogP contribution >= 0.6 is 0 Å². The number of benzene rings is 2. The zero-order valence-electron chi connectivity index (χ0n) is 18.2. The summed E-state index contributed by atoms with van der Waals surface area (Å²) in [6, 6.07) is 7.69. The van der Waals surface area contributed by atoms with Crippen molar-refractivity contribution in [2.75, 3.05) is 13.4 Å². The van der Waals surface area contributed by atoms with Crippen molar-refractivity contribution in [1.82, 2.24) is 0 Å². The Morgan fingerprint density at radius 3 is 2.55 bits per heavy atom. The van der Waals surface area contributed by atoms with Gasteiger partial charge in [-0.15, -0.1) is 0 Å². The van der Waals surface area contributed by atoms with Gasteiger partial charge in [0, 0.05) is 23.3 Å². The lowest BCUT2D eigenvalue weighted by Gasteiger charge is -2.28. The Balaban J connectivity index is 1.38. The minimum atomic E-state index is -0.136. The Morgan fingerprint density at radius 1 is 0.935 bits per heavy atom. The summed E-state index contributed by atoms with van der Waals surface area (Å²) in [6.45, 7) is 7.14. The number of ether oxygens (including phenoxy) is 4. The molecular weight excluding hydrogens is 392 g/mol. The molecule has 0 aromatic heterocycles. The van der Waals surface area contributed by atoms with Crippen LogP contribution in [0.5, 0.6) is 28.7 Å². The van der Waals surface area contributed by atoms with Gasteiger partial charge in [0.25, 0.3) is 0 Å². The third-order valence-electron chi connectivity index (χ3n) is 6.22. The molecule has 0 fully saturated rings. The predicted octanol–water partition coefficient (Wildman–Crippen LogP) is 5.97. The van der Waals surface area contributed by atoms with Crippen LogP contribution in [0.3, 0.4) is 0 Å². The third kappa shape index (κ3) is 3.73. The normalized spacial score (nSPS) is 20.3. The van der Waals surface area contributed by atoms with Crippen LogP contribution in [-0.4, -0.2) is 18.5 Å². The second-order valence-corrected chi connectivity index (χ2v) is 8.79. The van der Waals surface area contributed by atoms with E-state index in [0.717, 1.165) is 46.8 Å². The molecule has 0 bridgehead atoms. The van der Waals surface area contributed by atoms with E-state index >= 15 is 0 Å². The van der Waals surface area contributed by atoms with E-state index in [1.807, 2.05) is 18.2 Å². The van der Waals surface area contributed by atoms with Crippen molar-refractivity contribution in [3.05, 3.63) is 64.3 Å². The first-order chi connectivity index (χ1) is 15.0. The van der Waals surface area contributed by atoms with Crippen LogP contribution in [0.4, 0.5) is 0 Å². The lowest BCUT2D eigenvalue weighted by atomic mass is 9.88. The summed E-state index contributed by atoms with van der Waals surface area (Å²) in [5.74, 6) is 3.35. The number of fused-ring (bicyclic) bond motifs is 6. The van der Waals surface area contributed by atoms with Gasteiger partial charge in [0.1, 0.15) is 23.4 Å². The van der Waals surface area contributed by atoms with E-state index in [0.29, 0.717) is 18.8 Å². The van der Waals surface area contributed by atoms with Crippen LogP contribution in [0.2, 0.25) is 0 Å². The number of phenolic OH excluding ortho intramolecular Hbond substituents is 1. The number of hydrogen-bond acceptors (Lipinski definition) is 5. The van der Waals surface area contributed by atoms with Crippen molar-refractivity contribution < 1.29 is 24.1 Å². The van der Waals surface area contributed by atoms with Gasteiger partial charge in [0.2, 0.25) is 6.79 Å². The molecule has 5 nitrogen and oxygen atoms in total. The second-order valence-electron chi connectivity index (χ2n) is 8.79. The van der Waals surface area contributed by atoms with Gasteiger partial charge in [-0.25, -0.2) is 0 Å². The number of aromatic hydroxyl groups is 1. The van der Waals surface area contributed by atoms with Crippen LogP contribution in [0.25, 0.3) is 0 Å². The predicted molar refractivity (Wildman–Crippen MR) is 118 cm³/mol. The number of hydrogen-bond donors (Lipinski definition) is 1. The highest BCUT2D eigenvalue weighted by molar-refractivity contribution is 5.58. The maximum atomic E-state index is 10.6. The van der Waals surface area contributed by atoms with E-state index in [4.69, 9.17) is 18.9 Å². The van der Waals surface area contributed by atoms with Crippen LogP contribution in [0, 0.1) is 0 Å². The molecule has 0 spiro atoms. The highest BCUT2D eigenvalue weighted by Gasteiger charge is 2.42. The van der Waals surface area contributed by atoms with Gasteiger partial charge in [-0.2, -0.15) is 0 Å². The zero-order chi connectivity index (χ0) is 21.5. The average molecular weight is 421 g/mol. The van der Waals surface area contributed by atoms with Crippen molar-refractivity contribution in [3.63, 3.8) is 0 Å². The molecule has 31 heavy (non-hydrogen) atoms. The highest BCUT2D eigenvalue weighted by atomic mass is 16.7. The molecular formula is C26H28O5. The molecule has 3 aliphatic rings. The second kappa shape index (κ2) is 7.88. The Labute approximate surface area is 182 Å². The number of phenols is 1. The first-order valence-corrected chi connectivity index (χ1v) is 10.9. The first-order valence-electron chi connectivity index (χ1n) is 10.9. The first kappa shape index (κ1) is 19.9. The standard InChI is InChI=1S/C26H28O5/c1-15(2)5-4-6-16(3)7-8-17-9-19-22(11-21(17)27)28-13-20-18-10-24-25(30-14-29-24)12-23(18)31-26(19)20/h5,7,9-12,20,26-27H,4,6,8,13-14H2,1-3H3/t20-,26-/m0/s1. The fourth-order valence-electron chi connectivity index (χ4n) is 4.47. The van der Waals surface area contributed by atoms with Gasteiger partial charge >= 0.3 is 0 Å². The molecule has 0 saturated carbocycles. The quantitative estimate of drug-likeness (QED) is 0.604. The third-order valence-corrected chi connectivity index (χ3v) is 6.22. The molecule has 5 rings (SSSR count). The molecule has 3 aliphatic heterocycles. The van der Waals surface area contributed by atoms with Crippen LogP contribution in [0.1, 0.15) is 62.3 Å². The molecule has 2 aromatic rings. The van der Waals surface area contributed by atoms with Crippen LogP contribution in [-0.2, 0) is 6.42 Å². The van der Waals surface area contributed by atoms with Crippen LogP contribution in [0.15, 0.2) is 47.6 Å². The maximum absolute atomic E-state index is 10.6. The zero-order valence-corrected chi connectivity index (χ0v) is 18.2. The lowest BCUT2D eigenvalue weighted by Crippen LogP contribution is -2.23. The van der Waals surface area contributed by atoms with E-state index in [1.54, 1.807) is 6.07 Å². The number of rotatable bonds is 5. The SMILES string of the molecule is CC(C)=CCCC(C)=CCc1cc2c(cc1O)OC[C@H]1c3cc4c(cc3O[C@@H]21)OCO4. The molecule has 3 heterocycles. The Kier molecular flexibility index (Phi) is 5.05. The summed E-state index contributed by atoms with van der Waals surface area (Å²) in [5, 5.41) is 10.6. The largest absolute Gasteiger partial charge is 0.508 e. The summed E-state index contributed by atoms with van der Waals surface area (Å²) in [7, 11) is 0. The summed E-state index contributed by atoms with van der Waals surface area (Å²) >= 11 is 0. The van der Waals surface area contributed by atoms with E-state index in [-0.39, 0.29) is 24.6 Å². The monoisotopic (exact) mass is 420 g/mol. The highest BCUT2D eigenvalue weighted by Crippen LogP contribution is 2.54. The maximum Gasteiger partial charge on any atom is 0.231 e. The van der Waals surface area contributed by atoms with Gasteiger partial charge in [-0.1, -0.05) is 23.3 Å². The van der Waals surface area contributed by atoms with Crippen LogP contribution < -0.4 is 18.9 Å². The molecule has 2 aromatic carbocycles. The molecule has 0 unspecified atom stereocenters. The summed E-state index contributed by atoms with van der Waals surface area (Å²) in [5.41, 5.74) is 5.62. The molecule has 5 heteroatoms. The fraction of sp³-hybridized carbons (Fsp3) is 0.385. The molecule has 162 valence electrons. The van der Waals surface area contributed by atoms with Gasteiger partial charge in [-0.3, -0.25) is 0 Å². The van der Waals surface area contributed by atoms with Crippen molar-refractivity contribution in [3.8, 4) is 28.7 Å².